The largest absolute Gasteiger partial charge is 0.398 e. The molecule has 2 nitrogen and oxygen atoms in total. The maximum absolute atomic E-state index is 6.23. The van der Waals surface area contributed by atoms with Crippen molar-refractivity contribution in [3.8, 4) is 0 Å². The van der Waals surface area contributed by atoms with Crippen LogP contribution in [0.1, 0.15) is 43.2 Å². The summed E-state index contributed by atoms with van der Waals surface area (Å²) in [6.45, 7) is 0. The van der Waals surface area contributed by atoms with E-state index in [1.165, 1.54) is 32.1 Å². The molecular weight excluding hydrogens is 336 g/mol. The predicted molar refractivity (Wildman–Crippen MR) is 97.5 cm³/mol. The fourth-order valence-corrected chi connectivity index (χ4v) is 3.38. The lowest BCUT2D eigenvalue weighted by Gasteiger charge is -2.20. The van der Waals surface area contributed by atoms with Crippen LogP contribution in [0.15, 0.2) is 58.0 Å². The number of aliphatic imine (C=N–C) groups is 1. The summed E-state index contributed by atoms with van der Waals surface area (Å²) in [5.41, 5.74) is 10.2. The van der Waals surface area contributed by atoms with Gasteiger partial charge in [0.05, 0.1) is 11.8 Å². The third-order valence-corrected chi connectivity index (χ3v) is 4.70. The lowest BCUT2D eigenvalue weighted by atomic mass is 9.94. The monoisotopic (exact) mass is 356 g/mol. The van der Waals surface area contributed by atoms with Crippen molar-refractivity contribution in [2.45, 2.75) is 38.1 Å². The zero-order chi connectivity index (χ0) is 15.4. The van der Waals surface area contributed by atoms with E-state index in [1.807, 2.05) is 18.2 Å². The van der Waals surface area contributed by atoms with Crippen molar-refractivity contribution < 1.29 is 0 Å². The SMILES string of the molecule is Nc1ccc(Br)cc1C(=NC1CCCCC1)c1ccccc1. The maximum Gasteiger partial charge on any atom is 0.0743 e. The van der Waals surface area contributed by atoms with Crippen molar-refractivity contribution in [3.05, 3.63) is 64.1 Å². The van der Waals surface area contributed by atoms with Gasteiger partial charge in [0.2, 0.25) is 0 Å². The standard InChI is InChI=1S/C19H21BrN2/c20-15-11-12-18(21)17(13-15)19(14-7-3-1-4-8-14)22-16-9-5-2-6-10-16/h1,3-4,7-8,11-13,16H,2,5-6,9-10,21H2. The third-order valence-electron chi connectivity index (χ3n) is 4.20. The lowest BCUT2D eigenvalue weighted by Crippen LogP contribution is -2.15. The van der Waals surface area contributed by atoms with Crippen LogP contribution in [0.25, 0.3) is 0 Å². The van der Waals surface area contributed by atoms with E-state index in [0.29, 0.717) is 6.04 Å². The minimum absolute atomic E-state index is 0.419. The van der Waals surface area contributed by atoms with Gasteiger partial charge in [-0.25, -0.2) is 0 Å². The lowest BCUT2D eigenvalue weighted by molar-refractivity contribution is 0.443. The highest BCUT2D eigenvalue weighted by Gasteiger charge is 2.16. The van der Waals surface area contributed by atoms with Crippen LogP contribution in [-0.4, -0.2) is 11.8 Å². The highest BCUT2D eigenvalue weighted by molar-refractivity contribution is 9.10. The summed E-state index contributed by atoms with van der Waals surface area (Å²) in [4.78, 5) is 5.09. The molecular formula is C19H21BrN2. The van der Waals surface area contributed by atoms with Crippen LogP contribution < -0.4 is 5.73 Å². The number of halogens is 1. The average molecular weight is 357 g/mol. The van der Waals surface area contributed by atoms with Gasteiger partial charge in [0, 0.05) is 21.3 Å². The molecule has 0 aliphatic heterocycles. The van der Waals surface area contributed by atoms with Crippen molar-refractivity contribution in [1.29, 1.82) is 0 Å². The minimum Gasteiger partial charge on any atom is -0.398 e. The molecule has 2 aromatic carbocycles. The van der Waals surface area contributed by atoms with Crippen LogP contribution in [0.3, 0.4) is 0 Å². The fourth-order valence-electron chi connectivity index (χ4n) is 3.02. The Labute approximate surface area is 140 Å². The molecule has 0 aromatic heterocycles. The number of benzene rings is 2. The highest BCUT2D eigenvalue weighted by Crippen LogP contribution is 2.26. The Morgan fingerprint density at radius 1 is 1.00 bits per heavy atom. The molecule has 2 aromatic rings. The molecule has 0 amide bonds. The Balaban J connectivity index is 2.06. The molecule has 1 aliphatic carbocycles. The molecule has 0 unspecified atom stereocenters. The summed E-state index contributed by atoms with van der Waals surface area (Å²) in [7, 11) is 0. The molecule has 0 bridgehead atoms. The van der Waals surface area contributed by atoms with E-state index in [2.05, 4.69) is 46.3 Å². The molecule has 0 spiro atoms. The average Bonchev–Trinajstić information content (AvgIpc) is 2.57. The Morgan fingerprint density at radius 3 is 2.45 bits per heavy atom. The van der Waals surface area contributed by atoms with E-state index >= 15 is 0 Å². The van der Waals surface area contributed by atoms with Gasteiger partial charge in [-0.2, -0.15) is 0 Å². The van der Waals surface area contributed by atoms with Crippen molar-refractivity contribution in [2.24, 2.45) is 4.99 Å². The van der Waals surface area contributed by atoms with Crippen molar-refractivity contribution in [1.82, 2.24) is 0 Å². The Hall–Kier alpha value is -1.61. The first-order valence-corrected chi connectivity index (χ1v) is 8.72. The first kappa shape index (κ1) is 15.3. The zero-order valence-electron chi connectivity index (χ0n) is 12.6. The van der Waals surface area contributed by atoms with Gasteiger partial charge in [-0.05, 0) is 31.0 Å². The van der Waals surface area contributed by atoms with E-state index < -0.39 is 0 Å². The van der Waals surface area contributed by atoms with Crippen LogP contribution >= 0.6 is 15.9 Å². The Kier molecular flexibility index (Phi) is 4.94. The number of hydrogen-bond acceptors (Lipinski definition) is 2. The van der Waals surface area contributed by atoms with E-state index in [4.69, 9.17) is 10.7 Å². The second kappa shape index (κ2) is 7.10. The number of nitrogens with two attached hydrogens (primary N) is 1. The van der Waals surface area contributed by atoms with E-state index in [1.54, 1.807) is 0 Å². The molecule has 0 heterocycles. The first-order valence-electron chi connectivity index (χ1n) is 7.92. The smallest absolute Gasteiger partial charge is 0.0743 e. The van der Waals surface area contributed by atoms with E-state index in [9.17, 15) is 0 Å². The number of nitrogens with zero attached hydrogens (tertiary/aromatic N) is 1. The quantitative estimate of drug-likeness (QED) is 0.595. The summed E-state index contributed by atoms with van der Waals surface area (Å²) in [5.74, 6) is 0. The van der Waals surface area contributed by atoms with Crippen LogP contribution in [0.4, 0.5) is 5.69 Å². The molecule has 2 N–H and O–H groups in total. The van der Waals surface area contributed by atoms with Gasteiger partial charge in [0.25, 0.3) is 0 Å². The number of rotatable bonds is 3. The number of anilines is 1. The second-order valence-corrected chi connectivity index (χ2v) is 6.78. The van der Waals surface area contributed by atoms with Crippen LogP contribution in [0.2, 0.25) is 0 Å². The highest BCUT2D eigenvalue weighted by atomic mass is 79.9. The zero-order valence-corrected chi connectivity index (χ0v) is 14.2. The molecule has 1 aliphatic rings. The maximum atomic E-state index is 6.23. The summed E-state index contributed by atoms with van der Waals surface area (Å²) in [6, 6.07) is 16.8. The normalized spacial score (nSPS) is 16.7. The molecule has 22 heavy (non-hydrogen) atoms. The molecule has 1 fully saturated rings. The summed E-state index contributed by atoms with van der Waals surface area (Å²) < 4.78 is 1.03. The molecule has 3 rings (SSSR count). The number of nitrogen functional groups attached to an aromatic ring is 1. The fraction of sp³-hybridized carbons (Fsp3) is 0.316. The van der Waals surface area contributed by atoms with Gasteiger partial charge in [0.15, 0.2) is 0 Å². The van der Waals surface area contributed by atoms with E-state index in [0.717, 1.165) is 27.0 Å². The molecule has 0 radical (unpaired) electrons. The molecule has 0 saturated heterocycles. The van der Waals surface area contributed by atoms with Gasteiger partial charge in [-0.3, -0.25) is 4.99 Å². The predicted octanol–water partition coefficient (Wildman–Crippen LogP) is 5.20. The van der Waals surface area contributed by atoms with Crippen LogP contribution in [-0.2, 0) is 0 Å². The molecule has 3 heteroatoms. The second-order valence-electron chi connectivity index (χ2n) is 5.87. The van der Waals surface area contributed by atoms with Crippen molar-refractivity contribution in [2.75, 3.05) is 5.73 Å². The van der Waals surface area contributed by atoms with Gasteiger partial charge < -0.3 is 5.73 Å². The summed E-state index contributed by atoms with van der Waals surface area (Å²) in [6.07, 6.45) is 6.27. The van der Waals surface area contributed by atoms with Gasteiger partial charge in [-0.1, -0.05) is 65.5 Å². The summed E-state index contributed by atoms with van der Waals surface area (Å²) in [5, 5.41) is 0. The van der Waals surface area contributed by atoms with Crippen molar-refractivity contribution in [3.63, 3.8) is 0 Å². The Bertz CT molecular complexity index is 658. The van der Waals surface area contributed by atoms with Gasteiger partial charge >= 0.3 is 0 Å². The van der Waals surface area contributed by atoms with Gasteiger partial charge in [0.1, 0.15) is 0 Å². The van der Waals surface area contributed by atoms with Crippen LogP contribution in [0.5, 0.6) is 0 Å². The Morgan fingerprint density at radius 2 is 1.73 bits per heavy atom. The van der Waals surface area contributed by atoms with E-state index in [-0.39, 0.29) is 0 Å². The number of hydrogen-bond donors (Lipinski definition) is 1. The van der Waals surface area contributed by atoms with Crippen LogP contribution in [0, 0.1) is 0 Å². The first-order chi connectivity index (χ1) is 10.7. The van der Waals surface area contributed by atoms with Crippen molar-refractivity contribution >= 4 is 27.3 Å². The minimum atomic E-state index is 0.419. The van der Waals surface area contributed by atoms with Gasteiger partial charge in [-0.15, -0.1) is 0 Å². The topological polar surface area (TPSA) is 38.4 Å². The molecule has 0 atom stereocenters. The molecule has 114 valence electrons. The third kappa shape index (κ3) is 3.58. The molecule has 1 saturated carbocycles. The summed E-state index contributed by atoms with van der Waals surface area (Å²) >= 11 is 3.55.